The highest BCUT2D eigenvalue weighted by Gasteiger charge is 2.20. The van der Waals surface area contributed by atoms with Crippen LogP contribution in [0.15, 0.2) is 53.4 Å². The molecule has 0 spiro atoms. The summed E-state index contributed by atoms with van der Waals surface area (Å²) in [5.41, 5.74) is 0.768. The third-order valence-corrected chi connectivity index (χ3v) is 4.81. The van der Waals surface area contributed by atoms with Crippen LogP contribution < -0.4 is 4.72 Å². The second-order valence-corrected chi connectivity index (χ2v) is 6.63. The van der Waals surface area contributed by atoms with Gasteiger partial charge >= 0.3 is 5.97 Å². The highest BCUT2D eigenvalue weighted by atomic mass is 32.2. The lowest BCUT2D eigenvalue weighted by molar-refractivity contribution is 0.0600. The van der Waals surface area contributed by atoms with Gasteiger partial charge in [0.25, 0.3) is 0 Å². The number of hydrogen-bond donors (Lipinski definition) is 1. The van der Waals surface area contributed by atoms with Gasteiger partial charge in [-0.2, -0.15) is 0 Å². The van der Waals surface area contributed by atoms with Crippen LogP contribution >= 0.6 is 0 Å². The van der Waals surface area contributed by atoms with Gasteiger partial charge in [0.05, 0.1) is 17.6 Å². The molecule has 0 bridgehead atoms. The van der Waals surface area contributed by atoms with Gasteiger partial charge in [-0.15, -0.1) is 0 Å². The van der Waals surface area contributed by atoms with Crippen molar-refractivity contribution in [1.82, 2.24) is 4.72 Å². The van der Waals surface area contributed by atoms with Gasteiger partial charge in [0.2, 0.25) is 10.0 Å². The maximum atomic E-state index is 12.9. The van der Waals surface area contributed by atoms with Crippen molar-refractivity contribution in [3.05, 3.63) is 65.5 Å². The number of ether oxygens (including phenoxy) is 1. The van der Waals surface area contributed by atoms with E-state index in [2.05, 4.69) is 9.46 Å². The van der Waals surface area contributed by atoms with Crippen molar-refractivity contribution >= 4 is 16.0 Å². The molecule has 0 saturated carbocycles. The molecule has 2 aromatic rings. The van der Waals surface area contributed by atoms with E-state index in [1.54, 1.807) is 6.92 Å². The smallest absolute Gasteiger partial charge is 0.337 e. The van der Waals surface area contributed by atoms with Crippen LogP contribution in [-0.4, -0.2) is 21.5 Å². The van der Waals surface area contributed by atoms with Crippen LogP contribution in [-0.2, 0) is 14.8 Å². The van der Waals surface area contributed by atoms with Gasteiger partial charge in [-0.05, 0) is 42.8 Å². The third-order valence-electron chi connectivity index (χ3n) is 3.27. The Labute approximate surface area is 134 Å². The molecule has 23 heavy (non-hydrogen) atoms. The molecule has 5 nitrogen and oxygen atoms in total. The predicted molar refractivity (Wildman–Crippen MR) is 82.9 cm³/mol. The van der Waals surface area contributed by atoms with Crippen LogP contribution in [0.4, 0.5) is 4.39 Å². The Morgan fingerprint density at radius 1 is 1.17 bits per heavy atom. The van der Waals surface area contributed by atoms with Crippen molar-refractivity contribution in [2.45, 2.75) is 17.9 Å². The molecule has 0 aromatic heterocycles. The van der Waals surface area contributed by atoms with Crippen molar-refractivity contribution in [2.75, 3.05) is 7.11 Å². The Morgan fingerprint density at radius 2 is 1.83 bits per heavy atom. The molecule has 0 heterocycles. The summed E-state index contributed by atoms with van der Waals surface area (Å²) in [5.74, 6) is -1.01. The van der Waals surface area contributed by atoms with E-state index in [0.717, 1.165) is 0 Å². The van der Waals surface area contributed by atoms with Crippen molar-refractivity contribution in [3.8, 4) is 0 Å². The molecular formula is C16H16FNO4S. The minimum Gasteiger partial charge on any atom is -0.465 e. The highest BCUT2D eigenvalue weighted by molar-refractivity contribution is 7.89. The lowest BCUT2D eigenvalue weighted by Gasteiger charge is -2.15. The highest BCUT2D eigenvalue weighted by Crippen LogP contribution is 2.18. The number of esters is 1. The van der Waals surface area contributed by atoms with Gasteiger partial charge in [0, 0.05) is 6.04 Å². The minimum atomic E-state index is -3.83. The molecule has 1 N–H and O–H groups in total. The first-order valence-corrected chi connectivity index (χ1v) is 8.28. The second-order valence-electron chi connectivity index (χ2n) is 4.91. The molecule has 0 saturated heterocycles. The summed E-state index contributed by atoms with van der Waals surface area (Å²) in [5, 5.41) is 0. The summed E-state index contributed by atoms with van der Waals surface area (Å²) in [6.45, 7) is 1.65. The van der Waals surface area contributed by atoms with Crippen LogP contribution in [0.5, 0.6) is 0 Å². The summed E-state index contributed by atoms with van der Waals surface area (Å²) >= 11 is 0. The number of carbonyl (C=O) groups excluding carboxylic acids is 1. The van der Waals surface area contributed by atoms with E-state index < -0.39 is 27.9 Å². The van der Waals surface area contributed by atoms with Gasteiger partial charge in [-0.3, -0.25) is 0 Å². The molecule has 0 radical (unpaired) electrons. The number of sulfonamides is 1. The minimum absolute atomic E-state index is 0.0469. The Kier molecular flexibility index (Phi) is 5.12. The number of halogens is 1. The zero-order valence-electron chi connectivity index (χ0n) is 12.6. The summed E-state index contributed by atoms with van der Waals surface area (Å²) < 4.78 is 44.8. The summed E-state index contributed by atoms with van der Waals surface area (Å²) in [6.07, 6.45) is 0. The van der Waals surface area contributed by atoms with E-state index in [1.807, 2.05) is 0 Å². The maximum Gasteiger partial charge on any atom is 0.337 e. The molecule has 122 valence electrons. The molecular weight excluding hydrogens is 321 g/mol. The van der Waals surface area contributed by atoms with Crippen LogP contribution in [0.3, 0.4) is 0 Å². The number of carbonyl (C=O) groups is 1. The predicted octanol–water partition coefficient (Wildman–Crippen LogP) is 2.65. The van der Waals surface area contributed by atoms with Crippen LogP contribution in [0.1, 0.15) is 28.9 Å². The molecule has 2 aromatic carbocycles. The van der Waals surface area contributed by atoms with Crippen molar-refractivity contribution in [2.24, 2.45) is 0 Å². The number of nitrogens with one attached hydrogen (secondary N) is 1. The van der Waals surface area contributed by atoms with Gasteiger partial charge in [0.1, 0.15) is 5.82 Å². The molecule has 0 fully saturated rings. The Bertz CT molecular complexity index is 803. The normalized spacial score (nSPS) is 12.7. The Hall–Kier alpha value is -2.25. The Morgan fingerprint density at radius 3 is 2.43 bits per heavy atom. The lowest BCUT2D eigenvalue weighted by atomic mass is 10.1. The third kappa shape index (κ3) is 4.14. The van der Waals surface area contributed by atoms with E-state index in [9.17, 15) is 17.6 Å². The van der Waals surface area contributed by atoms with Crippen molar-refractivity contribution < 1.29 is 22.3 Å². The maximum absolute atomic E-state index is 12.9. The largest absolute Gasteiger partial charge is 0.465 e. The molecule has 7 heteroatoms. The first-order chi connectivity index (χ1) is 10.8. The monoisotopic (exact) mass is 337 g/mol. The number of rotatable bonds is 5. The molecule has 0 aliphatic rings. The van der Waals surface area contributed by atoms with E-state index in [-0.39, 0.29) is 10.5 Å². The van der Waals surface area contributed by atoms with Gasteiger partial charge in [-0.1, -0.05) is 18.2 Å². The SMILES string of the molecule is COC(=O)c1cccc(S(=O)(=O)N[C@H](C)c2ccc(F)cc2)c1. The molecule has 0 aliphatic carbocycles. The first-order valence-electron chi connectivity index (χ1n) is 6.79. The molecule has 0 aliphatic heterocycles. The second kappa shape index (κ2) is 6.89. The summed E-state index contributed by atoms with van der Waals surface area (Å²) in [7, 11) is -2.61. The first kappa shape index (κ1) is 17.1. The molecule has 1 atom stereocenters. The lowest BCUT2D eigenvalue weighted by Crippen LogP contribution is -2.27. The van der Waals surface area contributed by atoms with Gasteiger partial charge in [0.15, 0.2) is 0 Å². The average Bonchev–Trinajstić information content (AvgIpc) is 2.54. The van der Waals surface area contributed by atoms with Crippen molar-refractivity contribution in [1.29, 1.82) is 0 Å². The van der Waals surface area contributed by atoms with Crippen LogP contribution in [0, 0.1) is 5.82 Å². The van der Waals surface area contributed by atoms with E-state index in [1.165, 1.54) is 55.6 Å². The van der Waals surface area contributed by atoms with E-state index in [0.29, 0.717) is 5.56 Å². The van der Waals surface area contributed by atoms with Gasteiger partial charge < -0.3 is 4.74 Å². The fourth-order valence-electron chi connectivity index (χ4n) is 2.03. The quantitative estimate of drug-likeness (QED) is 0.852. The summed E-state index contributed by atoms with van der Waals surface area (Å²) in [6, 6.07) is 10.5. The topological polar surface area (TPSA) is 72.5 Å². The standard InChI is InChI=1S/C16H16FNO4S/c1-11(12-6-8-14(17)9-7-12)18-23(20,21)15-5-3-4-13(10-15)16(19)22-2/h3-11,18H,1-2H3/t11-/m1/s1. The number of methoxy groups -OCH3 is 1. The molecule has 2 rings (SSSR count). The fraction of sp³-hybridized carbons (Fsp3) is 0.188. The average molecular weight is 337 g/mol. The number of hydrogen-bond acceptors (Lipinski definition) is 4. The van der Waals surface area contributed by atoms with Gasteiger partial charge in [-0.25, -0.2) is 22.3 Å². The van der Waals surface area contributed by atoms with E-state index >= 15 is 0 Å². The molecule has 0 amide bonds. The number of benzene rings is 2. The van der Waals surface area contributed by atoms with E-state index in [4.69, 9.17) is 0 Å². The fourth-order valence-corrected chi connectivity index (χ4v) is 3.31. The summed E-state index contributed by atoms with van der Waals surface area (Å²) in [4.78, 5) is 11.4. The van der Waals surface area contributed by atoms with Crippen LogP contribution in [0.2, 0.25) is 0 Å². The zero-order chi connectivity index (χ0) is 17.0. The van der Waals surface area contributed by atoms with Crippen LogP contribution in [0.25, 0.3) is 0 Å². The molecule has 0 unspecified atom stereocenters. The Balaban J connectivity index is 2.24. The zero-order valence-corrected chi connectivity index (χ0v) is 13.4. The van der Waals surface area contributed by atoms with Crippen molar-refractivity contribution in [3.63, 3.8) is 0 Å².